The first kappa shape index (κ1) is 11.2. The molecule has 0 aliphatic carbocycles. The standard InChI is InChI=1S/C11H20N2O/c1-8-10(7-14)6-13(12-8)9(2)11(3,4)5/h6,9,14H,7H2,1-5H3. The molecule has 0 aromatic carbocycles. The van der Waals surface area contributed by atoms with Crippen molar-refractivity contribution in [2.75, 3.05) is 0 Å². The highest BCUT2D eigenvalue weighted by Crippen LogP contribution is 2.29. The molecule has 0 aliphatic rings. The summed E-state index contributed by atoms with van der Waals surface area (Å²) in [6, 6.07) is 0.335. The molecule has 1 N–H and O–H groups in total. The van der Waals surface area contributed by atoms with Gasteiger partial charge in [0.2, 0.25) is 0 Å². The van der Waals surface area contributed by atoms with Crippen LogP contribution >= 0.6 is 0 Å². The van der Waals surface area contributed by atoms with E-state index < -0.39 is 0 Å². The van der Waals surface area contributed by atoms with Gasteiger partial charge in [-0.05, 0) is 19.3 Å². The second kappa shape index (κ2) is 3.73. The molecule has 1 aromatic heterocycles. The summed E-state index contributed by atoms with van der Waals surface area (Å²) in [6.45, 7) is 10.7. The van der Waals surface area contributed by atoms with Crippen LogP contribution in [0.2, 0.25) is 0 Å². The highest BCUT2D eigenvalue weighted by atomic mass is 16.3. The maximum atomic E-state index is 9.06. The van der Waals surface area contributed by atoms with E-state index in [1.165, 1.54) is 0 Å². The van der Waals surface area contributed by atoms with Crippen LogP contribution in [0.4, 0.5) is 0 Å². The maximum absolute atomic E-state index is 9.06. The topological polar surface area (TPSA) is 38.0 Å². The summed E-state index contributed by atoms with van der Waals surface area (Å²) in [5.41, 5.74) is 2.02. The van der Waals surface area contributed by atoms with Gasteiger partial charge in [0, 0.05) is 11.8 Å². The Labute approximate surface area is 85.8 Å². The molecule has 1 atom stereocenters. The summed E-state index contributed by atoms with van der Waals surface area (Å²) >= 11 is 0. The van der Waals surface area contributed by atoms with Crippen LogP contribution < -0.4 is 0 Å². The molecule has 80 valence electrons. The number of aliphatic hydroxyl groups excluding tert-OH is 1. The second-order valence-corrected chi connectivity index (χ2v) is 4.92. The van der Waals surface area contributed by atoms with Crippen LogP contribution in [0.1, 0.15) is 45.0 Å². The Kier molecular flexibility index (Phi) is 3.00. The number of hydrogen-bond donors (Lipinski definition) is 1. The van der Waals surface area contributed by atoms with Crippen LogP contribution in [0.5, 0.6) is 0 Å². The minimum atomic E-state index is 0.0721. The van der Waals surface area contributed by atoms with Gasteiger partial charge in [-0.15, -0.1) is 0 Å². The molecule has 0 saturated heterocycles. The average Bonchev–Trinajstić information content (AvgIpc) is 2.43. The molecule has 1 heterocycles. The van der Waals surface area contributed by atoms with E-state index in [1.807, 2.05) is 17.8 Å². The van der Waals surface area contributed by atoms with E-state index >= 15 is 0 Å². The SMILES string of the molecule is Cc1nn(C(C)C(C)(C)C)cc1CO. The Morgan fingerprint density at radius 1 is 1.50 bits per heavy atom. The van der Waals surface area contributed by atoms with E-state index in [4.69, 9.17) is 5.11 Å². The highest BCUT2D eigenvalue weighted by Gasteiger charge is 2.22. The highest BCUT2D eigenvalue weighted by molar-refractivity contribution is 5.14. The van der Waals surface area contributed by atoms with Gasteiger partial charge in [0.25, 0.3) is 0 Å². The van der Waals surface area contributed by atoms with Crippen molar-refractivity contribution in [3.8, 4) is 0 Å². The third kappa shape index (κ3) is 2.15. The molecule has 0 radical (unpaired) electrons. The Morgan fingerprint density at radius 3 is 2.43 bits per heavy atom. The first-order chi connectivity index (χ1) is 6.36. The Bertz CT molecular complexity index is 310. The van der Waals surface area contributed by atoms with Crippen LogP contribution in [-0.4, -0.2) is 14.9 Å². The van der Waals surface area contributed by atoms with Crippen LogP contribution in [0.15, 0.2) is 6.20 Å². The van der Waals surface area contributed by atoms with Gasteiger partial charge in [-0.1, -0.05) is 20.8 Å². The van der Waals surface area contributed by atoms with Gasteiger partial charge < -0.3 is 5.11 Å². The van der Waals surface area contributed by atoms with Gasteiger partial charge in [0.15, 0.2) is 0 Å². The van der Waals surface area contributed by atoms with Gasteiger partial charge in [0.1, 0.15) is 0 Å². The van der Waals surface area contributed by atoms with Crippen LogP contribution in [0.25, 0.3) is 0 Å². The van der Waals surface area contributed by atoms with Crippen LogP contribution in [-0.2, 0) is 6.61 Å². The molecule has 1 aromatic rings. The molecule has 0 amide bonds. The van der Waals surface area contributed by atoms with Crippen molar-refractivity contribution in [1.29, 1.82) is 0 Å². The van der Waals surface area contributed by atoms with Gasteiger partial charge in [0.05, 0.1) is 18.3 Å². The largest absolute Gasteiger partial charge is 0.392 e. The minimum absolute atomic E-state index is 0.0721. The summed E-state index contributed by atoms with van der Waals surface area (Å²) in [5, 5.41) is 13.5. The normalized spacial score (nSPS) is 14.4. The molecular weight excluding hydrogens is 176 g/mol. The van der Waals surface area contributed by atoms with Crippen LogP contribution in [0, 0.1) is 12.3 Å². The zero-order valence-corrected chi connectivity index (χ0v) is 9.70. The average molecular weight is 196 g/mol. The third-order valence-electron chi connectivity index (χ3n) is 2.84. The smallest absolute Gasteiger partial charge is 0.0715 e. The van der Waals surface area contributed by atoms with Gasteiger partial charge in [-0.25, -0.2) is 0 Å². The number of hydrogen-bond acceptors (Lipinski definition) is 2. The van der Waals surface area contributed by atoms with E-state index in [0.29, 0.717) is 6.04 Å². The lowest BCUT2D eigenvalue weighted by molar-refractivity contribution is 0.243. The van der Waals surface area contributed by atoms with Crippen molar-refractivity contribution in [3.63, 3.8) is 0 Å². The predicted octanol–water partition coefficient (Wildman–Crippen LogP) is 2.29. The Balaban J connectivity index is 2.97. The molecule has 0 spiro atoms. The fraction of sp³-hybridized carbons (Fsp3) is 0.727. The fourth-order valence-corrected chi connectivity index (χ4v) is 1.27. The van der Waals surface area contributed by atoms with E-state index in [-0.39, 0.29) is 12.0 Å². The summed E-state index contributed by atoms with van der Waals surface area (Å²) in [7, 11) is 0. The summed E-state index contributed by atoms with van der Waals surface area (Å²) in [4.78, 5) is 0. The lowest BCUT2D eigenvalue weighted by Crippen LogP contribution is -2.21. The zero-order valence-electron chi connectivity index (χ0n) is 9.70. The fourth-order valence-electron chi connectivity index (χ4n) is 1.27. The van der Waals surface area contributed by atoms with Crippen molar-refractivity contribution < 1.29 is 5.11 Å². The van der Waals surface area contributed by atoms with E-state index in [2.05, 4.69) is 32.8 Å². The summed E-state index contributed by atoms with van der Waals surface area (Å²) in [6.07, 6.45) is 1.94. The molecule has 0 bridgehead atoms. The third-order valence-corrected chi connectivity index (χ3v) is 2.84. The van der Waals surface area contributed by atoms with Crippen molar-refractivity contribution >= 4 is 0 Å². The Morgan fingerprint density at radius 2 is 2.07 bits per heavy atom. The molecule has 3 heteroatoms. The van der Waals surface area contributed by atoms with Crippen molar-refractivity contribution in [2.45, 2.75) is 47.3 Å². The van der Waals surface area contributed by atoms with E-state index in [9.17, 15) is 0 Å². The lowest BCUT2D eigenvalue weighted by atomic mass is 9.88. The van der Waals surface area contributed by atoms with Gasteiger partial charge in [-0.3, -0.25) is 4.68 Å². The first-order valence-corrected chi connectivity index (χ1v) is 5.01. The molecule has 0 fully saturated rings. The van der Waals surface area contributed by atoms with Crippen molar-refractivity contribution in [3.05, 3.63) is 17.5 Å². The van der Waals surface area contributed by atoms with Crippen molar-refractivity contribution in [1.82, 2.24) is 9.78 Å². The number of aliphatic hydroxyl groups is 1. The minimum Gasteiger partial charge on any atom is -0.392 e. The second-order valence-electron chi connectivity index (χ2n) is 4.92. The molecule has 0 saturated carbocycles. The molecule has 14 heavy (non-hydrogen) atoms. The van der Waals surface area contributed by atoms with E-state index in [1.54, 1.807) is 0 Å². The van der Waals surface area contributed by atoms with E-state index in [0.717, 1.165) is 11.3 Å². The molecule has 1 unspecified atom stereocenters. The Hall–Kier alpha value is -0.830. The maximum Gasteiger partial charge on any atom is 0.0715 e. The summed E-state index contributed by atoms with van der Waals surface area (Å²) in [5.74, 6) is 0. The molecule has 1 rings (SSSR count). The predicted molar refractivity (Wildman–Crippen MR) is 57.1 cm³/mol. The number of aryl methyl sites for hydroxylation is 1. The number of nitrogens with zero attached hydrogens (tertiary/aromatic N) is 2. The first-order valence-electron chi connectivity index (χ1n) is 5.01. The molecule has 0 aliphatic heterocycles. The number of aromatic nitrogens is 2. The van der Waals surface area contributed by atoms with Gasteiger partial charge in [-0.2, -0.15) is 5.10 Å². The molecular formula is C11H20N2O. The molecule has 3 nitrogen and oxygen atoms in total. The lowest BCUT2D eigenvalue weighted by Gasteiger charge is -2.27. The van der Waals surface area contributed by atoms with Gasteiger partial charge >= 0.3 is 0 Å². The van der Waals surface area contributed by atoms with Crippen molar-refractivity contribution in [2.24, 2.45) is 5.41 Å². The number of rotatable bonds is 2. The summed E-state index contributed by atoms with van der Waals surface area (Å²) < 4.78 is 1.95. The zero-order chi connectivity index (χ0) is 10.9. The monoisotopic (exact) mass is 196 g/mol. The van der Waals surface area contributed by atoms with Crippen LogP contribution in [0.3, 0.4) is 0 Å². The quantitative estimate of drug-likeness (QED) is 0.788.